The average Bonchev–Trinajstić information content (AvgIpc) is 2.93. The van der Waals surface area contributed by atoms with Crippen LogP contribution < -0.4 is 0 Å². The summed E-state index contributed by atoms with van der Waals surface area (Å²) in [4.78, 5) is 0. The molecule has 0 nitrogen and oxygen atoms in total. The molecule has 0 heteroatoms. The average molecular weight is 339 g/mol. The van der Waals surface area contributed by atoms with Gasteiger partial charge < -0.3 is 0 Å². The second-order valence-electron chi connectivity index (χ2n) is 10.2. The van der Waals surface area contributed by atoms with E-state index in [0.29, 0.717) is 10.8 Å². The van der Waals surface area contributed by atoms with Gasteiger partial charge in [0, 0.05) is 0 Å². The summed E-state index contributed by atoms with van der Waals surface area (Å²) in [6.07, 6.45) is 18.8. The zero-order valence-electron chi connectivity index (χ0n) is 17.2. The van der Waals surface area contributed by atoms with E-state index in [4.69, 9.17) is 0 Å². The van der Waals surface area contributed by atoms with Gasteiger partial charge in [0.1, 0.15) is 0 Å². The lowest BCUT2D eigenvalue weighted by molar-refractivity contribution is -0.0304. The van der Waals surface area contributed by atoms with Gasteiger partial charge in [-0.2, -0.15) is 0 Å². The summed E-state index contributed by atoms with van der Waals surface area (Å²) in [5, 5.41) is 0. The zero-order valence-corrected chi connectivity index (χ0v) is 17.2. The lowest BCUT2D eigenvalue weighted by atomic mass is 9.47. The molecule has 0 aromatic carbocycles. The number of rotatable bonds is 2. The highest BCUT2D eigenvalue weighted by molar-refractivity contribution is 5.36. The molecule has 0 spiro atoms. The van der Waals surface area contributed by atoms with Gasteiger partial charge in [0.05, 0.1) is 0 Å². The molecule has 4 aliphatic carbocycles. The molecule has 138 valence electrons. The third kappa shape index (κ3) is 2.54. The lowest BCUT2D eigenvalue weighted by Crippen LogP contribution is -2.49. The smallest absolute Gasteiger partial charge is 0.00443 e. The first-order chi connectivity index (χ1) is 11.9. The summed E-state index contributed by atoms with van der Waals surface area (Å²) in [6.45, 7) is 12.3. The fraction of sp³-hybridized carbons (Fsp3) is 0.760. The van der Waals surface area contributed by atoms with Crippen molar-refractivity contribution in [3.63, 3.8) is 0 Å². The van der Waals surface area contributed by atoms with Crippen molar-refractivity contribution in [2.75, 3.05) is 0 Å². The summed E-state index contributed by atoms with van der Waals surface area (Å²) < 4.78 is 0. The number of hydrogen-bond donors (Lipinski definition) is 0. The SMILES string of the molecule is CCC=C(C)[C@H]1CCC2C3CC=C4C=C(C)CCC4(C)C3CCC21C. The summed E-state index contributed by atoms with van der Waals surface area (Å²) in [6, 6.07) is 0. The van der Waals surface area contributed by atoms with Crippen molar-refractivity contribution in [3.05, 3.63) is 34.9 Å². The lowest BCUT2D eigenvalue weighted by Gasteiger charge is -2.57. The van der Waals surface area contributed by atoms with E-state index in [-0.39, 0.29) is 0 Å². The molecule has 2 fully saturated rings. The molecule has 4 rings (SSSR count). The normalized spacial score (nSPS) is 46.7. The third-order valence-electron chi connectivity index (χ3n) is 9.04. The van der Waals surface area contributed by atoms with Crippen LogP contribution in [0.4, 0.5) is 0 Å². The first-order valence-corrected chi connectivity index (χ1v) is 10.9. The van der Waals surface area contributed by atoms with Gasteiger partial charge in [0.2, 0.25) is 0 Å². The molecule has 0 aromatic rings. The molecule has 25 heavy (non-hydrogen) atoms. The predicted molar refractivity (Wildman–Crippen MR) is 108 cm³/mol. The van der Waals surface area contributed by atoms with E-state index >= 15 is 0 Å². The molecule has 5 unspecified atom stereocenters. The van der Waals surface area contributed by atoms with Gasteiger partial charge in [-0.3, -0.25) is 0 Å². The molecule has 4 aliphatic rings. The van der Waals surface area contributed by atoms with E-state index in [2.05, 4.69) is 52.8 Å². The molecule has 6 atom stereocenters. The molecule has 0 aliphatic heterocycles. The van der Waals surface area contributed by atoms with Gasteiger partial charge >= 0.3 is 0 Å². The van der Waals surface area contributed by atoms with Gasteiger partial charge in [-0.15, -0.1) is 0 Å². The van der Waals surface area contributed by atoms with Gasteiger partial charge in [-0.05, 0) is 105 Å². The molecule has 0 heterocycles. The molecule has 0 aromatic heterocycles. The first kappa shape index (κ1) is 17.6. The Bertz CT molecular complexity index is 632. The van der Waals surface area contributed by atoms with Crippen LogP contribution in [0.2, 0.25) is 0 Å². The molecule has 2 saturated carbocycles. The van der Waals surface area contributed by atoms with Crippen LogP contribution in [-0.2, 0) is 0 Å². The Balaban J connectivity index is 1.66. The van der Waals surface area contributed by atoms with Crippen molar-refractivity contribution in [2.24, 2.45) is 34.5 Å². The maximum Gasteiger partial charge on any atom is -0.00443 e. The maximum absolute atomic E-state index is 2.66. The summed E-state index contributed by atoms with van der Waals surface area (Å²) in [5.41, 5.74) is 6.03. The number of fused-ring (bicyclic) bond motifs is 5. The summed E-state index contributed by atoms with van der Waals surface area (Å²) >= 11 is 0. The molecular formula is C25H38. The highest BCUT2D eigenvalue weighted by Crippen LogP contribution is 2.66. The second kappa shape index (κ2) is 6.14. The van der Waals surface area contributed by atoms with Gasteiger partial charge in [-0.25, -0.2) is 0 Å². The van der Waals surface area contributed by atoms with Crippen LogP contribution in [0.1, 0.15) is 86.0 Å². The van der Waals surface area contributed by atoms with Crippen LogP contribution in [0, 0.1) is 34.5 Å². The minimum Gasteiger partial charge on any atom is -0.0856 e. The summed E-state index contributed by atoms with van der Waals surface area (Å²) in [7, 11) is 0. The van der Waals surface area contributed by atoms with Crippen molar-refractivity contribution in [1.82, 2.24) is 0 Å². The molecule has 0 saturated heterocycles. The topological polar surface area (TPSA) is 0 Å². The second-order valence-corrected chi connectivity index (χ2v) is 10.2. The van der Waals surface area contributed by atoms with E-state index in [9.17, 15) is 0 Å². The Kier molecular flexibility index (Phi) is 4.33. The van der Waals surface area contributed by atoms with E-state index in [0.717, 1.165) is 23.7 Å². The Morgan fingerprint density at radius 1 is 1.16 bits per heavy atom. The van der Waals surface area contributed by atoms with Crippen molar-refractivity contribution >= 4 is 0 Å². The Hall–Kier alpha value is -0.780. The first-order valence-electron chi connectivity index (χ1n) is 10.9. The van der Waals surface area contributed by atoms with Crippen LogP contribution in [0.3, 0.4) is 0 Å². The Morgan fingerprint density at radius 2 is 1.96 bits per heavy atom. The molecular weight excluding hydrogens is 300 g/mol. The molecule has 0 bridgehead atoms. The van der Waals surface area contributed by atoms with Gasteiger partial charge in [0.25, 0.3) is 0 Å². The van der Waals surface area contributed by atoms with Crippen LogP contribution >= 0.6 is 0 Å². The summed E-state index contributed by atoms with van der Waals surface area (Å²) in [5.74, 6) is 3.69. The monoisotopic (exact) mass is 338 g/mol. The largest absolute Gasteiger partial charge is 0.0856 e. The third-order valence-corrected chi connectivity index (χ3v) is 9.04. The number of allylic oxidation sites excluding steroid dienone is 6. The Morgan fingerprint density at radius 3 is 2.72 bits per heavy atom. The molecule has 0 amide bonds. The van der Waals surface area contributed by atoms with Crippen LogP contribution in [0.25, 0.3) is 0 Å². The fourth-order valence-electron chi connectivity index (χ4n) is 7.68. The molecule has 0 radical (unpaired) electrons. The van der Waals surface area contributed by atoms with Crippen LogP contribution in [-0.4, -0.2) is 0 Å². The quantitative estimate of drug-likeness (QED) is 0.458. The van der Waals surface area contributed by atoms with Crippen LogP contribution in [0.15, 0.2) is 34.9 Å². The van der Waals surface area contributed by atoms with E-state index in [1.54, 1.807) is 16.7 Å². The minimum absolute atomic E-state index is 0.468. The Labute approximate surface area is 155 Å². The van der Waals surface area contributed by atoms with Crippen molar-refractivity contribution in [2.45, 2.75) is 86.0 Å². The fourth-order valence-corrected chi connectivity index (χ4v) is 7.68. The van der Waals surface area contributed by atoms with E-state index in [1.807, 2.05) is 0 Å². The predicted octanol–water partition coefficient (Wildman–Crippen LogP) is 7.48. The van der Waals surface area contributed by atoms with E-state index in [1.165, 1.54) is 51.4 Å². The minimum atomic E-state index is 0.468. The van der Waals surface area contributed by atoms with Crippen molar-refractivity contribution in [3.8, 4) is 0 Å². The standard InChI is InChI=1S/C25H38/c1-6-7-18(3)21-10-11-22-20-9-8-19-16-17(2)12-14-24(19,4)23(20)13-15-25(21,22)5/h7-8,16,20-23H,6,9-15H2,1-5H3/t20?,21-,22?,23?,24?,25?/m1/s1. The van der Waals surface area contributed by atoms with Crippen molar-refractivity contribution < 1.29 is 0 Å². The maximum atomic E-state index is 2.66. The molecule has 0 N–H and O–H groups in total. The zero-order chi connectivity index (χ0) is 17.8. The van der Waals surface area contributed by atoms with Gasteiger partial charge in [0.15, 0.2) is 0 Å². The van der Waals surface area contributed by atoms with Crippen molar-refractivity contribution in [1.29, 1.82) is 0 Å². The van der Waals surface area contributed by atoms with E-state index < -0.39 is 0 Å². The highest BCUT2D eigenvalue weighted by atomic mass is 14.6. The van der Waals surface area contributed by atoms with Crippen LogP contribution in [0.5, 0.6) is 0 Å². The number of hydrogen-bond acceptors (Lipinski definition) is 0. The van der Waals surface area contributed by atoms with Gasteiger partial charge in [-0.1, -0.05) is 50.1 Å². The highest BCUT2D eigenvalue weighted by Gasteiger charge is 2.58.